The number of anilines is 1. The smallest absolute Gasteiger partial charge is 0.508 e. The average molecular weight is 1210 g/mol. The van der Waals surface area contributed by atoms with Gasteiger partial charge >= 0.3 is 20.4 Å². The molecule has 5 aromatic carbocycles. The van der Waals surface area contributed by atoms with Crippen LogP contribution in [0.1, 0.15) is 112 Å². The van der Waals surface area contributed by atoms with Gasteiger partial charge in [-0.15, -0.1) is 10.8 Å². The molecule has 0 aromatic heterocycles. The van der Waals surface area contributed by atoms with E-state index in [-0.39, 0.29) is 68.0 Å². The van der Waals surface area contributed by atoms with Crippen molar-refractivity contribution in [1.82, 2.24) is 0 Å². The number of hydrogen-bond donors (Lipinski definition) is 2. The van der Waals surface area contributed by atoms with Gasteiger partial charge in [-0.05, 0) is 127 Å². The minimum atomic E-state index is -3.65. The summed E-state index contributed by atoms with van der Waals surface area (Å²) < 4.78 is 49.4. The summed E-state index contributed by atoms with van der Waals surface area (Å²) in [6.45, 7) is 8.36. The summed E-state index contributed by atoms with van der Waals surface area (Å²) in [5, 5.41) is 23.8. The molecular formula is C66H69NO12PdS. The summed E-state index contributed by atoms with van der Waals surface area (Å²) in [5.41, 5.74) is -2.13. The van der Waals surface area contributed by atoms with Crippen LogP contribution in [0.4, 0.5) is 5.69 Å². The van der Waals surface area contributed by atoms with E-state index in [1.54, 1.807) is 82.3 Å². The van der Waals surface area contributed by atoms with Crippen molar-refractivity contribution in [1.29, 1.82) is 0 Å². The second kappa shape index (κ2) is 21.5. The number of aryl methyl sites for hydroxylation is 1. The van der Waals surface area contributed by atoms with Crippen LogP contribution in [-0.2, 0) is 88.0 Å². The second-order valence-electron chi connectivity index (χ2n) is 23.8. The van der Waals surface area contributed by atoms with Crippen LogP contribution in [0.15, 0.2) is 108 Å². The van der Waals surface area contributed by atoms with E-state index in [1.807, 2.05) is 61.5 Å². The molecule has 0 unspecified atom stereocenters. The van der Waals surface area contributed by atoms with Crippen LogP contribution in [0.25, 0.3) is 10.8 Å². The van der Waals surface area contributed by atoms with E-state index in [2.05, 4.69) is 36.7 Å². The Bertz CT molecular complexity index is 3570. The monoisotopic (exact) mass is 1210 g/mol. The number of carbonyl (C=O) groups is 4. The van der Waals surface area contributed by atoms with Crippen LogP contribution in [0.2, 0.25) is 0 Å². The molecule has 0 radical (unpaired) electrons. The van der Waals surface area contributed by atoms with Gasteiger partial charge in [0.25, 0.3) is 11.9 Å². The molecule has 81 heavy (non-hydrogen) atoms. The van der Waals surface area contributed by atoms with E-state index in [4.69, 9.17) is 18.9 Å². The Kier molecular flexibility index (Phi) is 15.7. The van der Waals surface area contributed by atoms with Gasteiger partial charge in [-0.2, -0.15) is 0 Å². The molecule has 4 fully saturated rings. The molecule has 426 valence electrons. The third-order valence-electron chi connectivity index (χ3n) is 19.0. The fourth-order valence-corrected chi connectivity index (χ4v) is 16.3. The molecule has 0 amide bonds. The van der Waals surface area contributed by atoms with Gasteiger partial charge < -0.3 is 34.1 Å². The van der Waals surface area contributed by atoms with Crippen LogP contribution in [0.5, 0.6) is 5.75 Å². The number of aliphatic hydroxyl groups is 1. The van der Waals surface area contributed by atoms with Crippen molar-refractivity contribution in [2.45, 2.75) is 109 Å². The summed E-state index contributed by atoms with van der Waals surface area (Å²) in [4.78, 5) is 59.3. The molecule has 7 atom stereocenters. The van der Waals surface area contributed by atoms with E-state index in [9.17, 15) is 37.8 Å². The maximum atomic E-state index is 14.3. The summed E-state index contributed by atoms with van der Waals surface area (Å²) >= 11 is 0. The molecule has 10 rings (SSSR count). The van der Waals surface area contributed by atoms with E-state index >= 15 is 0 Å². The molecular weight excluding hydrogens is 1140 g/mol. The molecule has 0 spiro atoms. The number of esters is 4. The van der Waals surface area contributed by atoms with Crippen LogP contribution in [-0.4, -0.2) is 82.2 Å². The van der Waals surface area contributed by atoms with Crippen molar-refractivity contribution in [2.75, 3.05) is 39.0 Å². The van der Waals surface area contributed by atoms with Gasteiger partial charge in [-0.3, -0.25) is 31.0 Å². The Labute approximate surface area is 489 Å². The zero-order valence-corrected chi connectivity index (χ0v) is 49.6. The minimum Gasteiger partial charge on any atom is -0.508 e. The molecule has 5 aromatic rings. The molecule has 13 nitrogen and oxygen atoms in total. The SMILES string of the molecule is COC(=O)[C@]1([C@@]2(C(=O)OC)[C-](C(=O)OCc3ccc(C#C[C@]4(O)CC[C@H]5[C@@H]6CCc7cc(O)ccc7[C@H]6CC[C@@]54C)cc3)C2(C)C)[C-](C(=O)OCc2ccc(C#CCCS(=O)(=O)c3cccc4c(N(C)C)cccc34)cc2)C1(C)C.[Pd+2]. The standard InChI is InChI=1S/C66H69NO12S.Pd/c1-61(2)55(57(69)78-39-43-23-19-41(20-24-43)14-10-11-37-80(74,75)54-18-13-15-50-51(54)16-12-17-53(50)67(6)7)65(61,59(71)76-8)66(60(72)77-9)56(62(66,3)4)58(70)79-40-44-25-21-42(22-26-44)31-35-64(73)36-33-52-49-29-27-45-38-46(68)28-30-47(45)48(49)32-34-63(52,64)5;/h12-13,15-26,28,30,38,48-49,52,68,73H,11,27,29,32-34,36-37,39-40H2,1-9H3;/q-2;+2/t48-,49-,52+,63+,64+,65-,66-;/m1./s1. The quantitative estimate of drug-likeness (QED) is 0.0374. The molecule has 0 heterocycles. The van der Waals surface area contributed by atoms with Crippen molar-refractivity contribution in [3.05, 3.63) is 148 Å². The maximum Gasteiger partial charge on any atom is 2.00 e. The van der Waals surface area contributed by atoms with E-state index in [1.165, 1.54) is 11.1 Å². The number of fused-ring (bicyclic) bond motifs is 6. The molecule has 2 N–H and O–H groups in total. The number of sulfone groups is 1. The minimum absolute atomic E-state index is 0. The number of phenols is 1. The Hall–Kier alpha value is -6.73. The zero-order chi connectivity index (χ0) is 57.4. The third kappa shape index (κ3) is 9.37. The molecule has 15 heteroatoms. The van der Waals surface area contributed by atoms with Gasteiger partial charge in [0, 0.05) is 53.5 Å². The van der Waals surface area contributed by atoms with Gasteiger partial charge in [0.2, 0.25) is 0 Å². The second-order valence-corrected chi connectivity index (χ2v) is 25.9. The number of rotatable bonds is 13. The maximum absolute atomic E-state index is 14.3. The zero-order valence-electron chi connectivity index (χ0n) is 47.3. The van der Waals surface area contributed by atoms with Crippen molar-refractivity contribution in [3.63, 3.8) is 0 Å². The van der Waals surface area contributed by atoms with Crippen molar-refractivity contribution >= 4 is 50.2 Å². The Morgan fingerprint density at radius 2 is 1.26 bits per heavy atom. The van der Waals surface area contributed by atoms with Crippen LogP contribution < -0.4 is 4.90 Å². The number of carbonyl (C=O) groups excluding carboxylic acids is 4. The van der Waals surface area contributed by atoms with E-state index in [0.717, 1.165) is 57.4 Å². The number of aromatic hydroxyl groups is 1. The number of phenolic OH excluding ortho intramolecular Hbond substituents is 1. The molecule has 5 aliphatic carbocycles. The van der Waals surface area contributed by atoms with Gasteiger partial charge in [0.15, 0.2) is 21.8 Å². The van der Waals surface area contributed by atoms with Gasteiger partial charge in [0.05, 0.1) is 24.9 Å². The summed E-state index contributed by atoms with van der Waals surface area (Å²) in [6, 6.07) is 30.7. The number of ether oxygens (including phenoxy) is 4. The summed E-state index contributed by atoms with van der Waals surface area (Å²) in [7, 11) is 2.49. The van der Waals surface area contributed by atoms with Crippen LogP contribution in [0, 0.1) is 74.4 Å². The van der Waals surface area contributed by atoms with Crippen molar-refractivity contribution in [2.24, 2.45) is 38.9 Å². The molecule has 0 bridgehead atoms. The van der Waals surface area contributed by atoms with Crippen molar-refractivity contribution in [3.8, 4) is 29.4 Å². The topological polar surface area (TPSA) is 183 Å². The predicted octanol–water partition coefficient (Wildman–Crippen LogP) is 9.80. The van der Waals surface area contributed by atoms with Gasteiger partial charge in [-0.1, -0.05) is 124 Å². The first-order valence-electron chi connectivity index (χ1n) is 27.4. The third-order valence-corrected chi connectivity index (χ3v) is 20.8. The fraction of sp³-hybridized carbons (Fsp3) is 0.424. The summed E-state index contributed by atoms with van der Waals surface area (Å²) in [5.74, 6) is 10.3. The normalized spacial score (nSPS) is 26.1. The predicted molar refractivity (Wildman–Crippen MR) is 302 cm³/mol. The van der Waals surface area contributed by atoms with E-state index < -0.39 is 61.0 Å². The molecule has 0 saturated heterocycles. The average Bonchev–Trinajstić information content (AvgIpc) is 1.51. The number of nitrogens with zero attached hydrogens (tertiary/aromatic N) is 1. The largest absolute Gasteiger partial charge is 2.00 e. The van der Waals surface area contributed by atoms with Crippen molar-refractivity contribution < 1.29 is 77.2 Å². The van der Waals surface area contributed by atoms with Gasteiger partial charge in [0.1, 0.15) is 24.6 Å². The fourth-order valence-electron chi connectivity index (χ4n) is 14.9. The Balaban J connectivity index is 0.00000792. The Morgan fingerprint density at radius 1 is 0.704 bits per heavy atom. The van der Waals surface area contributed by atoms with Gasteiger partial charge in [-0.25, -0.2) is 8.42 Å². The molecule has 0 aliphatic heterocycles. The van der Waals surface area contributed by atoms with Crippen LogP contribution >= 0.6 is 0 Å². The first kappa shape index (κ1) is 58.9. The molecule has 4 saturated carbocycles. The first-order valence-corrected chi connectivity index (χ1v) is 29.0. The summed E-state index contributed by atoms with van der Waals surface area (Å²) in [6.07, 6.45) is 5.36. The Morgan fingerprint density at radius 3 is 1.83 bits per heavy atom. The van der Waals surface area contributed by atoms with Crippen LogP contribution in [0.3, 0.4) is 0 Å². The molecule has 5 aliphatic rings. The van der Waals surface area contributed by atoms with E-state index in [0.29, 0.717) is 57.6 Å². The number of hydrogen-bond acceptors (Lipinski definition) is 13. The number of benzene rings is 5. The first-order chi connectivity index (χ1) is 37.9. The number of methoxy groups -OCH3 is 2.